The Morgan fingerprint density at radius 2 is 1.89 bits per heavy atom. The lowest BCUT2D eigenvalue weighted by atomic mass is 9.82. The summed E-state index contributed by atoms with van der Waals surface area (Å²) in [5.41, 5.74) is 4.03. The van der Waals surface area contributed by atoms with Crippen molar-refractivity contribution in [3.05, 3.63) is 65.2 Å². The second kappa shape index (κ2) is 5.48. The molecule has 0 heterocycles. The number of benzene rings is 2. The fraction of sp³-hybridized carbons (Fsp3) is 0.333. The topological polar surface area (TPSA) is 9.23 Å². The SMILES string of the molecule is COc1ccc(C(C)(C)C)c(Cc2[c]cccc2)c1. The lowest BCUT2D eigenvalue weighted by Crippen LogP contribution is -2.14. The monoisotopic (exact) mass is 253 g/mol. The van der Waals surface area contributed by atoms with E-state index in [0.717, 1.165) is 12.2 Å². The van der Waals surface area contributed by atoms with E-state index in [1.807, 2.05) is 18.2 Å². The fourth-order valence-electron chi connectivity index (χ4n) is 2.32. The lowest BCUT2D eigenvalue weighted by Gasteiger charge is -2.23. The van der Waals surface area contributed by atoms with E-state index in [1.54, 1.807) is 7.11 Å². The molecule has 0 saturated carbocycles. The maximum Gasteiger partial charge on any atom is 0.119 e. The Hall–Kier alpha value is -1.76. The highest BCUT2D eigenvalue weighted by Gasteiger charge is 2.18. The summed E-state index contributed by atoms with van der Waals surface area (Å²) in [6.07, 6.45) is 0.893. The van der Waals surface area contributed by atoms with E-state index >= 15 is 0 Å². The van der Waals surface area contributed by atoms with Gasteiger partial charge in [0.05, 0.1) is 7.11 Å². The third-order valence-corrected chi connectivity index (χ3v) is 3.27. The molecule has 1 radical (unpaired) electrons. The van der Waals surface area contributed by atoms with Gasteiger partial charge in [0.15, 0.2) is 0 Å². The van der Waals surface area contributed by atoms with Gasteiger partial charge in [-0.1, -0.05) is 51.1 Å². The van der Waals surface area contributed by atoms with E-state index in [4.69, 9.17) is 4.74 Å². The third kappa shape index (κ3) is 3.37. The maximum absolute atomic E-state index is 5.35. The molecule has 2 aromatic carbocycles. The van der Waals surface area contributed by atoms with E-state index in [2.05, 4.69) is 51.1 Å². The largest absolute Gasteiger partial charge is 0.497 e. The summed E-state index contributed by atoms with van der Waals surface area (Å²) in [6, 6.07) is 17.8. The molecule has 0 bridgehead atoms. The Balaban J connectivity index is 2.41. The smallest absolute Gasteiger partial charge is 0.119 e. The van der Waals surface area contributed by atoms with Crippen LogP contribution in [0.4, 0.5) is 0 Å². The molecule has 0 aliphatic rings. The zero-order valence-electron chi connectivity index (χ0n) is 12.2. The molecule has 0 spiro atoms. The van der Waals surface area contributed by atoms with Crippen molar-refractivity contribution in [2.45, 2.75) is 32.6 Å². The quantitative estimate of drug-likeness (QED) is 0.788. The first kappa shape index (κ1) is 13.7. The van der Waals surface area contributed by atoms with Crippen LogP contribution in [0.2, 0.25) is 0 Å². The highest BCUT2D eigenvalue weighted by Crippen LogP contribution is 2.30. The molecule has 0 N–H and O–H groups in total. The van der Waals surface area contributed by atoms with E-state index in [1.165, 1.54) is 16.7 Å². The van der Waals surface area contributed by atoms with Gasteiger partial charge >= 0.3 is 0 Å². The van der Waals surface area contributed by atoms with Gasteiger partial charge in [-0.15, -0.1) is 0 Å². The minimum Gasteiger partial charge on any atom is -0.497 e. The number of rotatable bonds is 3. The van der Waals surface area contributed by atoms with E-state index in [-0.39, 0.29) is 5.41 Å². The van der Waals surface area contributed by atoms with Gasteiger partial charge in [0.25, 0.3) is 0 Å². The van der Waals surface area contributed by atoms with Crippen molar-refractivity contribution >= 4 is 0 Å². The average molecular weight is 253 g/mol. The molecule has 99 valence electrons. The van der Waals surface area contributed by atoms with Gasteiger partial charge in [-0.2, -0.15) is 0 Å². The van der Waals surface area contributed by atoms with Crippen molar-refractivity contribution in [1.82, 2.24) is 0 Å². The van der Waals surface area contributed by atoms with Crippen molar-refractivity contribution in [2.24, 2.45) is 0 Å². The Morgan fingerprint density at radius 3 is 2.47 bits per heavy atom. The molecule has 0 aliphatic carbocycles. The minimum absolute atomic E-state index is 0.135. The molecule has 2 rings (SSSR count). The first-order chi connectivity index (χ1) is 9.00. The second-order valence-corrected chi connectivity index (χ2v) is 5.84. The minimum atomic E-state index is 0.135. The second-order valence-electron chi connectivity index (χ2n) is 5.84. The van der Waals surface area contributed by atoms with Gasteiger partial charge in [-0.05, 0) is 46.7 Å². The molecule has 0 amide bonds. The van der Waals surface area contributed by atoms with Crippen LogP contribution in [0, 0.1) is 6.07 Å². The van der Waals surface area contributed by atoms with Gasteiger partial charge in [-0.3, -0.25) is 0 Å². The predicted molar refractivity (Wildman–Crippen MR) is 79.8 cm³/mol. The van der Waals surface area contributed by atoms with Crippen LogP contribution in [0.25, 0.3) is 0 Å². The van der Waals surface area contributed by atoms with Crippen molar-refractivity contribution in [1.29, 1.82) is 0 Å². The average Bonchev–Trinajstić information content (AvgIpc) is 2.38. The highest BCUT2D eigenvalue weighted by molar-refractivity contribution is 5.41. The predicted octanol–water partition coefficient (Wildman–Crippen LogP) is 4.38. The van der Waals surface area contributed by atoms with Gasteiger partial charge < -0.3 is 4.74 Å². The van der Waals surface area contributed by atoms with E-state index < -0.39 is 0 Å². The molecule has 2 aromatic rings. The summed E-state index contributed by atoms with van der Waals surface area (Å²) in [5.74, 6) is 0.916. The standard InChI is InChI=1S/C18H21O/c1-18(2,3)17-11-10-16(19-4)13-15(17)12-14-8-6-5-7-9-14/h5-8,10-11,13H,12H2,1-4H3. The van der Waals surface area contributed by atoms with Gasteiger partial charge in [0, 0.05) is 0 Å². The molecule has 1 nitrogen and oxygen atoms in total. The van der Waals surface area contributed by atoms with Crippen molar-refractivity contribution in [2.75, 3.05) is 7.11 Å². The Morgan fingerprint density at radius 1 is 1.11 bits per heavy atom. The first-order valence-electron chi connectivity index (χ1n) is 6.63. The van der Waals surface area contributed by atoms with Gasteiger partial charge in [-0.25, -0.2) is 0 Å². The lowest BCUT2D eigenvalue weighted by molar-refractivity contribution is 0.413. The molecule has 0 aromatic heterocycles. The molecule has 0 saturated heterocycles. The number of ether oxygens (including phenoxy) is 1. The van der Waals surface area contributed by atoms with Crippen molar-refractivity contribution < 1.29 is 4.74 Å². The van der Waals surface area contributed by atoms with Crippen LogP contribution in [0.3, 0.4) is 0 Å². The normalized spacial score (nSPS) is 11.4. The highest BCUT2D eigenvalue weighted by atomic mass is 16.5. The zero-order valence-corrected chi connectivity index (χ0v) is 12.2. The fourth-order valence-corrected chi connectivity index (χ4v) is 2.32. The van der Waals surface area contributed by atoms with Crippen LogP contribution in [-0.2, 0) is 11.8 Å². The van der Waals surface area contributed by atoms with Crippen molar-refractivity contribution in [3.63, 3.8) is 0 Å². The zero-order chi connectivity index (χ0) is 13.9. The molecule has 0 unspecified atom stereocenters. The molecule has 19 heavy (non-hydrogen) atoms. The van der Waals surface area contributed by atoms with Crippen molar-refractivity contribution in [3.8, 4) is 5.75 Å². The molecule has 1 heteroatoms. The third-order valence-electron chi connectivity index (χ3n) is 3.27. The molecule has 0 aliphatic heterocycles. The molecular weight excluding hydrogens is 232 g/mol. The summed E-state index contributed by atoms with van der Waals surface area (Å²) in [5, 5.41) is 0. The van der Waals surface area contributed by atoms with Gasteiger partial charge in [0.1, 0.15) is 5.75 Å². The van der Waals surface area contributed by atoms with E-state index in [0.29, 0.717) is 0 Å². The Bertz CT molecular complexity index is 535. The van der Waals surface area contributed by atoms with Crippen LogP contribution in [0.5, 0.6) is 5.75 Å². The summed E-state index contributed by atoms with van der Waals surface area (Å²) >= 11 is 0. The van der Waals surface area contributed by atoms with Crippen LogP contribution in [0.1, 0.15) is 37.5 Å². The molecule has 0 atom stereocenters. The van der Waals surface area contributed by atoms with Crippen LogP contribution in [-0.4, -0.2) is 7.11 Å². The molecular formula is C18H21O. The number of methoxy groups -OCH3 is 1. The van der Waals surface area contributed by atoms with Crippen LogP contribution in [0.15, 0.2) is 42.5 Å². The number of hydrogen-bond donors (Lipinski definition) is 0. The van der Waals surface area contributed by atoms with Gasteiger partial charge in [0.2, 0.25) is 0 Å². The van der Waals surface area contributed by atoms with E-state index in [9.17, 15) is 0 Å². The van der Waals surface area contributed by atoms with Crippen LogP contribution < -0.4 is 4.74 Å². The number of hydrogen-bond acceptors (Lipinski definition) is 1. The first-order valence-corrected chi connectivity index (χ1v) is 6.63. The maximum atomic E-state index is 5.35. The molecule has 0 fully saturated rings. The Kier molecular flexibility index (Phi) is 3.94. The summed E-state index contributed by atoms with van der Waals surface area (Å²) in [4.78, 5) is 0. The summed E-state index contributed by atoms with van der Waals surface area (Å²) in [6.45, 7) is 6.73. The summed E-state index contributed by atoms with van der Waals surface area (Å²) < 4.78 is 5.35. The van der Waals surface area contributed by atoms with Crippen LogP contribution >= 0.6 is 0 Å². The Labute approximate surface area is 116 Å². The summed E-state index contributed by atoms with van der Waals surface area (Å²) in [7, 11) is 1.71.